The average Bonchev–Trinajstić information content (AvgIpc) is 1.97. The lowest BCUT2D eigenvalue weighted by Gasteiger charge is -2.33. The Kier molecular flexibility index (Phi) is 3.17. The number of carboxylic acids is 1. The molecule has 0 aromatic rings. The molecule has 0 rings (SSSR count). The number of alkyl halides is 9. The lowest BCUT2D eigenvalue weighted by Crippen LogP contribution is -2.67. The Morgan fingerprint density at radius 3 is 1.06 bits per heavy atom. The molecule has 1 N–H and O–H groups in total. The van der Waals surface area contributed by atoms with Crippen LogP contribution in [-0.4, -0.2) is 35.0 Å². The lowest BCUT2D eigenvalue weighted by atomic mass is 9.96. The van der Waals surface area contributed by atoms with Crippen LogP contribution in [0, 0.1) is 0 Å². The summed E-state index contributed by atoms with van der Waals surface area (Å²) in [5.74, 6) is -10.5. The summed E-state index contributed by atoms with van der Waals surface area (Å²) >= 11 is 0. The number of aliphatic carboxylic acids is 1. The highest BCUT2D eigenvalue weighted by Gasteiger charge is 2.87. The number of halogens is 9. The van der Waals surface area contributed by atoms with E-state index in [-0.39, 0.29) is 0 Å². The van der Waals surface area contributed by atoms with Crippen LogP contribution in [0.15, 0.2) is 0 Å². The summed E-state index contributed by atoms with van der Waals surface area (Å²) in [5.41, 5.74) is -7.14. The van der Waals surface area contributed by atoms with E-state index in [0.717, 1.165) is 0 Å². The molecule has 0 bridgehead atoms. The van der Waals surface area contributed by atoms with Gasteiger partial charge in [-0.05, 0) is 0 Å². The molecule has 0 fully saturated rings. The summed E-state index contributed by atoms with van der Waals surface area (Å²) < 4.78 is 107. The van der Waals surface area contributed by atoms with Crippen molar-refractivity contribution < 1.29 is 49.4 Å². The Morgan fingerprint density at radius 2 is 1.00 bits per heavy atom. The largest absolute Gasteiger partial charge is 0.477 e. The van der Waals surface area contributed by atoms with Crippen molar-refractivity contribution in [1.82, 2.24) is 0 Å². The van der Waals surface area contributed by atoms with Crippen LogP contribution in [0.4, 0.5) is 39.5 Å². The maximum atomic E-state index is 12.5. The van der Waals surface area contributed by atoms with Crippen LogP contribution < -0.4 is 0 Å². The maximum absolute atomic E-state index is 12.5. The predicted octanol–water partition coefficient (Wildman–Crippen LogP) is 2.54. The highest BCUT2D eigenvalue weighted by atomic mass is 19.4. The first-order chi connectivity index (χ1) is 6.69. The third kappa shape index (κ3) is 1.78. The minimum Gasteiger partial charge on any atom is -0.477 e. The van der Waals surface area contributed by atoms with E-state index in [4.69, 9.17) is 5.11 Å². The molecule has 0 amide bonds. The highest BCUT2D eigenvalue weighted by molar-refractivity contribution is 5.77. The third-order valence-corrected chi connectivity index (χ3v) is 1.48. The molecular weight excluding hydrogens is 263 g/mol. The van der Waals surface area contributed by atoms with Crippen molar-refractivity contribution in [3.63, 3.8) is 0 Å². The van der Waals surface area contributed by atoms with Gasteiger partial charge in [-0.1, -0.05) is 0 Å². The van der Waals surface area contributed by atoms with Gasteiger partial charge in [0, 0.05) is 0 Å². The van der Waals surface area contributed by atoms with Crippen LogP contribution in [-0.2, 0) is 4.79 Å². The number of rotatable bonds is 2. The van der Waals surface area contributed by atoms with Gasteiger partial charge in [0.05, 0.1) is 0 Å². The van der Waals surface area contributed by atoms with Crippen LogP contribution in [0.1, 0.15) is 0 Å². The molecule has 96 valence electrons. The number of hydrogen-bond donors (Lipinski definition) is 1. The van der Waals surface area contributed by atoms with Gasteiger partial charge in [-0.3, -0.25) is 0 Å². The smallest absolute Gasteiger partial charge is 0.438 e. The van der Waals surface area contributed by atoms with Crippen molar-refractivity contribution in [1.29, 1.82) is 0 Å². The first kappa shape index (κ1) is 14.8. The molecule has 0 aliphatic heterocycles. The van der Waals surface area contributed by atoms with Crippen LogP contribution in [0.5, 0.6) is 0 Å². The zero-order chi connectivity index (χ0) is 13.6. The van der Waals surface area contributed by atoms with Gasteiger partial charge in [-0.2, -0.15) is 35.1 Å². The SMILES string of the molecule is O=C(O)C(F)(F)C(F)(C(F)(F)F)C(F)(F)F. The van der Waals surface area contributed by atoms with E-state index in [1.54, 1.807) is 0 Å². The fourth-order valence-electron chi connectivity index (χ4n) is 0.664. The molecule has 0 saturated carbocycles. The molecule has 0 heterocycles. The normalized spacial score (nSPS) is 15.1. The molecule has 0 spiro atoms. The van der Waals surface area contributed by atoms with Crippen molar-refractivity contribution in [3.05, 3.63) is 0 Å². The Balaban J connectivity index is 5.91. The van der Waals surface area contributed by atoms with Gasteiger partial charge < -0.3 is 5.11 Å². The summed E-state index contributed by atoms with van der Waals surface area (Å²) in [4.78, 5) is 9.57. The lowest BCUT2D eigenvalue weighted by molar-refractivity contribution is -0.390. The molecule has 16 heavy (non-hydrogen) atoms. The van der Waals surface area contributed by atoms with Crippen LogP contribution >= 0.6 is 0 Å². The van der Waals surface area contributed by atoms with Crippen LogP contribution in [0.2, 0.25) is 0 Å². The fraction of sp³-hybridized carbons (Fsp3) is 0.800. The van der Waals surface area contributed by atoms with E-state index in [9.17, 15) is 44.3 Å². The predicted molar refractivity (Wildman–Crippen MR) is 28.5 cm³/mol. The molecule has 0 atom stereocenters. The molecule has 0 aromatic carbocycles. The topological polar surface area (TPSA) is 37.3 Å². The second-order valence-electron chi connectivity index (χ2n) is 2.53. The quantitative estimate of drug-likeness (QED) is 0.778. The van der Waals surface area contributed by atoms with Crippen molar-refractivity contribution in [2.24, 2.45) is 0 Å². The molecule has 11 heteroatoms. The summed E-state index contributed by atoms with van der Waals surface area (Å²) in [7, 11) is 0. The molecule has 0 radical (unpaired) electrons. The zero-order valence-electron chi connectivity index (χ0n) is 6.76. The summed E-state index contributed by atoms with van der Waals surface area (Å²) in [6, 6.07) is 0. The Bertz CT molecular complexity index is 273. The number of carbonyl (C=O) groups is 1. The number of hydrogen-bond acceptors (Lipinski definition) is 1. The zero-order valence-corrected chi connectivity index (χ0v) is 6.76. The molecule has 0 saturated heterocycles. The summed E-state index contributed by atoms with van der Waals surface area (Å²) in [6.45, 7) is 0. The van der Waals surface area contributed by atoms with E-state index < -0.39 is 29.9 Å². The molecule has 2 nitrogen and oxygen atoms in total. The van der Waals surface area contributed by atoms with Crippen molar-refractivity contribution in [2.45, 2.75) is 23.9 Å². The molecular formula is C5HF9O2. The average molecular weight is 264 g/mol. The van der Waals surface area contributed by atoms with E-state index in [1.807, 2.05) is 0 Å². The van der Waals surface area contributed by atoms with Crippen LogP contribution in [0.3, 0.4) is 0 Å². The third-order valence-electron chi connectivity index (χ3n) is 1.48. The van der Waals surface area contributed by atoms with Gasteiger partial charge in [0.15, 0.2) is 0 Å². The van der Waals surface area contributed by atoms with Crippen molar-refractivity contribution in [3.8, 4) is 0 Å². The maximum Gasteiger partial charge on any atom is 0.438 e. The van der Waals surface area contributed by atoms with Crippen molar-refractivity contribution in [2.75, 3.05) is 0 Å². The molecule has 0 aromatic heterocycles. The standard InChI is InChI=1S/C5HF9O2/c6-2(7,1(15)16)3(8,4(9,10)11)5(12,13)14/h(H,15,16). The Labute approximate surface area is 80.6 Å². The van der Waals surface area contributed by atoms with Gasteiger partial charge in [-0.25, -0.2) is 9.18 Å². The molecule has 0 unspecified atom stereocenters. The Hall–Kier alpha value is -1.16. The van der Waals surface area contributed by atoms with E-state index in [1.165, 1.54) is 0 Å². The van der Waals surface area contributed by atoms with Gasteiger partial charge in [0.25, 0.3) is 0 Å². The summed E-state index contributed by atoms with van der Waals surface area (Å²) in [5, 5.41) is 7.51. The van der Waals surface area contributed by atoms with E-state index in [0.29, 0.717) is 0 Å². The van der Waals surface area contributed by atoms with Crippen molar-refractivity contribution >= 4 is 5.97 Å². The van der Waals surface area contributed by atoms with Crippen LogP contribution in [0.25, 0.3) is 0 Å². The first-order valence-electron chi connectivity index (χ1n) is 3.13. The second-order valence-corrected chi connectivity index (χ2v) is 2.53. The van der Waals surface area contributed by atoms with Gasteiger partial charge >= 0.3 is 29.9 Å². The minimum absolute atomic E-state index is 3.87. The van der Waals surface area contributed by atoms with E-state index in [2.05, 4.69) is 0 Å². The molecule has 0 aliphatic rings. The highest BCUT2D eigenvalue weighted by Crippen LogP contribution is 2.54. The van der Waals surface area contributed by atoms with Gasteiger partial charge in [0.1, 0.15) is 0 Å². The number of carboxylic acid groups (broad SMARTS) is 1. The van der Waals surface area contributed by atoms with Gasteiger partial charge in [-0.15, -0.1) is 0 Å². The van der Waals surface area contributed by atoms with Gasteiger partial charge in [0.2, 0.25) is 0 Å². The first-order valence-corrected chi connectivity index (χ1v) is 3.13. The van der Waals surface area contributed by atoms with E-state index >= 15 is 0 Å². The fourth-order valence-corrected chi connectivity index (χ4v) is 0.664. The second kappa shape index (κ2) is 3.42. The minimum atomic E-state index is -7.14. The summed E-state index contributed by atoms with van der Waals surface area (Å²) in [6.07, 6.45) is -14.2. The molecule has 0 aliphatic carbocycles. The monoisotopic (exact) mass is 264 g/mol. The Morgan fingerprint density at radius 1 is 0.750 bits per heavy atom.